The number of rotatable bonds is 12. The van der Waals surface area contributed by atoms with Gasteiger partial charge >= 0.3 is 51.4 Å². The summed E-state index contributed by atoms with van der Waals surface area (Å²) in [4.78, 5) is 0. The second-order valence-corrected chi connectivity index (χ2v) is 26.6. The van der Waals surface area contributed by atoms with Gasteiger partial charge in [-0.15, -0.1) is 12.6 Å². The third-order valence-electron chi connectivity index (χ3n) is 17.9. The van der Waals surface area contributed by atoms with Crippen molar-refractivity contribution in [3.05, 3.63) is 5.32 Å². The van der Waals surface area contributed by atoms with Gasteiger partial charge in [0.05, 0.1) is 40.7 Å². The number of fused-ring (bicyclic) bond motifs is 8. The van der Waals surface area contributed by atoms with Gasteiger partial charge in [-0.2, -0.15) is 0 Å². The van der Waals surface area contributed by atoms with Gasteiger partial charge in [0.2, 0.25) is 0 Å². The summed E-state index contributed by atoms with van der Waals surface area (Å²) in [7, 11) is 0. The summed E-state index contributed by atoms with van der Waals surface area (Å²) in [6.45, 7) is 52.3. The normalized spacial score (nSPS) is 45.2. The first kappa shape index (κ1) is 57.0. The number of morpholine rings is 1. The predicted octanol–water partition coefficient (Wildman–Crippen LogP) is 12.3. The van der Waals surface area contributed by atoms with Crippen LogP contribution in [0, 0.1) is 101 Å². The van der Waals surface area contributed by atoms with Crippen molar-refractivity contribution in [1.82, 2.24) is 0 Å². The molecule has 8 aliphatic rings. The van der Waals surface area contributed by atoms with E-state index >= 15 is 0 Å². The average molecular weight is 909 g/mol. The summed E-state index contributed by atoms with van der Waals surface area (Å²) in [5.74, 6) is 13.1. The van der Waals surface area contributed by atoms with Crippen molar-refractivity contribution in [2.75, 3.05) is 6.54 Å². The summed E-state index contributed by atoms with van der Waals surface area (Å²) in [6, 6.07) is 0.462. The fourth-order valence-corrected chi connectivity index (χ4v) is 17.8. The summed E-state index contributed by atoms with van der Waals surface area (Å²) >= 11 is 0. The van der Waals surface area contributed by atoms with Crippen LogP contribution in [-0.4, -0.2) is 59.4 Å². The molecule has 0 amide bonds. The molecule has 0 aromatic carbocycles. The molecule has 5 aliphatic heterocycles. The third kappa shape index (κ3) is 11.6. The zero-order valence-corrected chi connectivity index (χ0v) is 49.3. The van der Waals surface area contributed by atoms with Gasteiger partial charge in [0, 0.05) is 6.10 Å². The molecule has 5 heterocycles. The molecule has 0 aromatic heterocycles. The molecule has 18 unspecified atom stereocenters. The van der Waals surface area contributed by atoms with Crippen molar-refractivity contribution in [2.45, 2.75) is 257 Å². The predicted molar refractivity (Wildman–Crippen MR) is 264 cm³/mol. The van der Waals surface area contributed by atoms with Crippen LogP contribution in [0.15, 0.2) is 0 Å². The molecule has 3 saturated carbocycles. The van der Waals surface area contributed by atoms with E-state index in [1.807, 2.05) is 0 Å². The van der Waals surface area contributed by atoms with Crippen LogP contribution in [0.1, 0.15) is 204 Å². The fraction of sp³-hybridized carbons (Fsp3) is 1.00. The van der Waals surface area contributed by atoms with E-state index in [1.54, 1.807) is 0 Å². The molecule has 0 spiro atoms. The Morgan fingerprint density at radius 1 is 0.429 bits per heavy atom. The van der Waals surface area contributed by atoms with Crippen LogP contribution in [0.2, 0.25) is 0 Å². The molecule has 8 bridgehead atoms. The molecule has 0 radical (unpaired) electrons. The van der Waals surface area contributed by atoms with Gasteiger partial charge in [-0.1, -0.05) is 125 Å². The molecule has 63 heavy (non-hydrogen) atoms. The molecule has 6 heteroatoms. The van der Waals surface area contributed by atoms with E-state index in [-0.39, 0.29) is 73.8 Å². The third-order valence-corrected chi connectivity index (χ3v) is 17.9. The maximum absolute atomic E-state index is 6.40. The zero-order valence-electron chi connectivity index (χ0n) is 46.1. The Morgan fingerprint density at radius 3 is 1.11 bits per heavy atom. The Hall–Kier alpha value is 1.44. The molecule has 8 fully saturated rings. The van der Waals surface area contributed by atoms with Crippen LogP contribution in [0.4, 0.5) is 0 Å². The Labute approximate surface area is 435 Å². The van der Waals surface area contributed by atoms with Crippen molar-refractivity contribution in [2.24, 2.45) is 101 Å². The first-order valence-electron chi connectivity index (χ1n) is 27.0. The van der Waals surface area contributed by atoms with Gasteiger partial charge in [-0.05, 0) is 180 Å². The number of ether oxygens (including phenoxy) is 4. The average Bonchev–Trinajstić information content (AvgIpc) is 3.95. The van der Waals surface area contributed by atoms with Gasteiger partial charge < -0.3 is 24.3 Å². The minimum Gasteiger partial charge on any atom is -0.655 e. The van der Waals surface area contributed by atoms with Gasteiger partial charge in [-0.25, -0.2) is 0 Å². The van der Waals surface area contributed by atoms with Crippen molar-refractivity contribution >= 4 is 0 Å². The van der Waals surface area contributed by atoms with E-state index in [0.717, 1.165) is 89.4 Å². The quantitative estimate of drug-likeness (QED) is 0.183. The first-order valence-corrected chi connectivity index (χ1v) is 27.0. The van der Waals surface area contributed by atoms with Crippen LogP contribution in [0.3, 0.4) is 0 Å². The van der Waals surface area contributed by atoms with Gasteiger partial charge in [-0.3, -0.25) is 0 Å². The second kappa shape index (κ2) is 22.2. The largest absolute Gasteiger partial charge is 1.00 e. The summed E-state index contributed by atoms with van der Waals surface area (Å²) in [5, 5.41) is 4.79. The second-order valence-electron chi connectivity index (χ2n) is 26.6. The van der Waals surface area contributed by atoms with Crippen LogP contribution in [-0.2, 0) is 18.9 Å². The monoisotopic (exact) mass is 908 g/mol. The minimum atomic E-state index is 0. The van der Waals surface area contributed by atoms with Gasteiger partial charge in [0.25, 0.3) is 0 Å². The van der Waals surface area contributed by atoms with E-state index in [1.165, 1.54) is 51.4 Å². The number of hydrogen-bond acceptors (Lipinski definition) is 4. The molecule has 5 nitrogen and oxygen atoms in total. The van der Waals surface area contributed by atoms with Crippen LogP contribution in [0.25, 0.3) is 5.32 Å². The maximum atomic E-state index is 6.40. The van der Waals surface area contributed by atoms with E-state index < -0.39 is 0 Å². The Kier molecular flexibility index (Phi) is 20.1. The molecular weight excluding hydrogens is 802 g/mol. The number of nitrogens with zero attached hydrogens (tertiary/aromatic N) is 1. The molecule has 0 N–H and O–H groups in total. The Bertz CT molecular complexity index is 1280. The molecule has 364 valence electrons. The van der Waals surface area contributed by atoms with Crippen molar-refractivity contribution in [3.63, 3.8) is 0 Å². The standard InChI is InChI=1S/2C15H28O.C14H26O.C13H24NO.K/c2*1-9(2)7-15-8-11(5)13(12(6)16-15)14(15)10(3)4;1-9(2)8-14-7-6-12(11(5)15-14)13(14)10(3)4;1-8(2)6-13-7-14-12(10(5)15-13)11(13)9(3)4;/h2*9-14H,7-8H2,1-6H3;9-13H,6-8H2,1-5H3;8-12H,6-7H2,1-5H3;/q;;;-1;+1. The summed E-state index contributed by atoms with van der Waals surface area (Å²) in [5.41, 5.74) is 0.747. The van der Waals surface area contributed by atoms with Crippen LogP contribution in [0.5, 0.6) is 0 Å². The first-order chi connectivity index (χ1) is 28.7. The summed E-state index contributed by atoms with van der Waals surface area (Å²) < 4.78 is 25.4. The molecular formula is C57H106KNO4. The topological polar surface area (TPSA) is 51.0 Å². The van der Waals surface area contributed by atoms with E-state index in [4.69, 9.17) is 24.3 Å². The van der Waals surface area contributed by atoms with Gasteiger partial charge in [0.1, 0.15) is 0 Å². The summed E-state index contributed by atoms with van der Waals surface area (Å²) in [6.07, 6.45) is 12.0. The Morgan fingerprint density at radius 2 is 0.778 bits per heavy atom. The van der Waals surface area contributed by atoms with E-state index in [9.17, 15) is 0 Å². The molecule has 5 saturated heterocycles. The molecule has 18 atom stereocenters. The number of hydrogen-bond donors (Lipinski definition) is 0. The van der Waals surface area contributed by atoms with E-state index in [0.29, 0.717) is 48.2 Å². The minimum absolute atomic E-state index is 0. The van der Waals surface area contributed by atoms with Crippen LogP contribution < -0.4 is 51.4 Å². The smallest absolute Gasteiger partial charge is 0.655 e. The zero-order chi connectivity index (χ0) is 46.6. The Balaban J connectivity index is 0.000000183. The van der Waals surface area contributed by atoms with E-state index in [2.05, 4.69) is 152 Å². The van der Waals surface area contributed by atoms with Gasteiger partial charge in [0.15, 0.2) is 0 Å². The molecule has 8 rings (SSSR count). The molecule has 3 aliphatic carbocycles. The van der Waals surface area contributed by atoms with Crippen LogP contribution >= 0.6 is 0 Å². The van der Waals surface area contributed by atoms with Crippen molar-refractivity contribution in [3.8, 4) is 0 Å². The SMILES string of the molecule is CC(C)CC12CC(C)C(C(C)O1)C2C(C)C.CC(C)CC12CC(C)C(C(C)O1)C2C(C)C.CC(C)CC12CCC(C(C)O1)C2C(C)C.CC(C)CC12C[N-]C(C(C)O1)C2C(C)C.[K+]. The van der Waals surface area contributed by atoms with Crippen molar-refractivity contribution in [1.29, 1.82) is 0 Å². The maximum Gasteiger partial charge on any atom is 1.00 e. The fourth-order valence-electron chi connectivity index (χ4n) is 17.8. The molecule has 0 aromatic rings. The van der Waals surface area contributed by atoms with Crippen molar-refractivity contribution < 1.29 is 70.3 Å².